The number of allylic oxidation sites excluding steroid dienone is 4. The molecule has 1 aliphatic rings. The van der Waals surface area contributed by atoms with Crippen LogP contribution >= 0.6 is 0 Å². The number of rotatable bonds is 1. The zero-order valence-electron chi connectivity index (χ0n) is 16.2. The van der Waals surface area contributed by atoms with Gasteiger partial charge in [0.2, 0.25) is 0 Å². The molecule has 0 bridgehead atoms. The van der Waals surface area contributed by atoms with Gasteiger partial charge >= 0.3 is 26.2 Å². The SMILES string of the molecule is CC1=[C-]C(C)C(C)=C1C.[Cl-].[Cl-].[Zr+4].c1ccc(-c2c[cH-]c3ccccc23)cc1. The molecule has 0 saturated carbocycles. The summed E-state index contributed by atoms with van der Waals surface area (Å²) in [6.07, 6.45) is 3.36. The van der Waals surface area contributed by atoms with E-state index >= 15 is 0 Å². The zero-order valence-corrected chi connectivity index (χ0v) is 20.2. The van der Waals surface area contributed by atoms with Crippen molar-refractivity contribution in [2.75, 3.05) is 0 Å². The number of hydrogen-bond acceptors (Lipinski definition) is 0. The standard InChI is InChI=1S/C15H11.C9H13.2ClH.Zr/c1-2-6-12(7-3-1)15-11-10-13-8-4-5-9-14(13)15;1-6-5-7(2)9(4)8(6)3;;;/h1-11H;6H,1-4H3;2*1H;/q2*-1;;;+4/p-2. The summed E-state index contributed by atoms with van der Waals surface area (Å²) in [5.41, 5.74) is 6.86. The van der Waals surface area contributed by atoms with Crippen LogP contribution in [-0.4, -0.2) is 0 Å². The third kappa shape index (κ3) is 5.98. The Morgan fingerprint density at radius 3 is 1.96 bits per heavy atom. The van der Waals surface area contributed by atoms with Crippen LogP contribution < -0.4 is 24.8 Å². The number of fused-ring (bicyclic) bond motifs is 1. The van der Waals surface area contributed by atoms with E-state index in [2.05, 4.69) is 101 Å². The van der Waals surface area contributed by atoms with Crippen molar-refractivity contribution in [2.24, 2.45) is 5.92 Å². The van der Waals surface area contributed by atoms with Gasteiger partial charge in [-0.05, 0) is 0 Å². The van der Waals surface area contributed by atoms with Crippen LogP contribution in [0.15, 0.2) is 83.4 Å². The van der Waals surface area contributed by atoms with Crippen molar-refractivity contribution in [1.29, 1.82) is 0 Å². The fourth-order valence-electron chi connectivity index (χ4n) is 3.18. The van der Waals surface area contributed by atoms with Crippen molar-refractivity contribution in [3.8, 4) is 11.1 Å². The Morgan fingerprint density at radius 1 is 0.852 bits per heavy atom. The largest absolute Gasteiger partial charge is 4.00 e. The third-order valence-corrected chi connectivity index (χ3v) is 5.00. The molecule has 0 aliphatic heterocycles. The van der Waals surface area contributed by atoms with Crippen LogP contribution in [0.4, 0.5) is 0 Å². The maximum absolute atomic E-state index is 3.36. The molecule has 3 heteroatoms. The Balaban J connectivity index is 0.000000498. The normalized spacial score (nSPS) is 15.0. The molecule has 0 radical (unpaired) electrons. The average Bonchev–Trinajstić information content (AvgIpc) is 3.14. The summed E-state index contributed by atoms with van der Waals surface area (Å²) in [5, 5.41) is 2.65. The van der Waals surface area contributed by atoms with E-state index in [1.54, 1.807) is 0 Å². The van der Waals surface area contributed by atoms with E-state index in [1.165, 1.54) is 38.6 Å². The first-order valence-corrected chi connectivity index (χ1v) is 8.55. The molecule has 0 nitrogen and oxygen atoms in total. The Bertz CT molecular complexity index is 904. The summed E-state index contributed by atoms with van der Waals surface area (Å²) < 4.78 is 0. The Kier molecular flexibility index (Phi) is 11.3. The number of hydrogen-bond donors (Lipinski definition) is 0. The quantitative estimate of drug-likeness (QED) is 0.461. The number of halogens is 2. The maximum Gasteiger partial charge on any atom is 4.00 e. The van der Waals surface area contributed by atoms with Crippen LogP contribution in [0.3, 0.4) is 0 Å². The first kappa shape index (κ1) is 26.0. The summed E-state index contributed by atoms with van der Waals surface area (Å²) in [7, 11) is 0. The van der Waals surface area contributed by atoms with Crippen LogP contribution in [0.25, 0.3) is 21.9 Å². The molecule has 1 aliphatic carbocycles. The Labute approximate surface area is 195 Å². The van der Waals surface area contributed by atoms with Crippen LogP contribution in [0, 0.1) is 12.0 Å². The minimum Gasteiger partial charge on any atom is -1.00 e. The Hall–Kier alpha value is -1.01. The summed E-state index contributed by atoms with van der Waals surface area (Å²) in [4.78, 5) is 0. The van der Waals surface area contributed by atoms with E-state index in [0.29, 0.717) is 5.92 Å². The van der Waals surface area contributed by atoms with Gasteiger partial charge < -0.3 is 24.8 Å². The van der Waals surface area contributed by atoms with Crippen molar-refractivity contribution in [2.45, 2.75) is 27.7 Å². The van der Waals surface area contributed by atoms with Gasteiger partial charge in [0.25, 0.3) is 0 Å². The molecular formula is C24H24Cl2Zr. The molecule has 0 amide bonds. The molecule has 3 aromatic rings. The van der Waals surface area contributed by atoms with Gasteiger partial charge in [0.05, 0.1) is 0 Å². The second-order valence-electron chi connectivity index (χ2n) is 6.50. The minimum atomic E-state index is 0. The second-order valence-corrected chi connectivity index (χ2v) is 6.50. The molecule has 4 rings (SSSR count). The molecule has 0 fully saturated rings. The summed E-state index contributed by atoms with van der Waals surface area (Å²) in [5.74, 6) is 0.560. The first-order chi connectivity index (χ1) is 11.6. The molecule has 0 heterocycles. The van der Waals surface area contributed by atoms with E-state index in [4.69, 9.17) is 0 Å². The molecule has 0 saturated heterocycles. The summed E-state index contributed by atoms with van der Waals surface area (Å²) >= 11 is 0. The monoisotopic (exact) mass is 472 g/mol. The summed E-state index contributed by atoms with van der Waals surface area (Å²) in [6, 6.07) is 23.4. The molecule has 1 atom stereocenters. The number of benzene rings is 2. The first-order valence-electron chi connectivity index (χ1n) is 8.55. The van der Waals surface area contributed by atoms with E-state index in [0.717, 1.165) is 0 Å². The molecule has 1 unspecified atom stereocenters. The zero-order chi connectivity index (χ0) is 17.1. The average molecular weight is 475 g/mol. The predicted molar refractivity (Wildman–Crippen MR) is 105 cm³/mol. The van der Waals surface area contributed by atoms with Crippen molar-refractivity contribution >= 4 is 10.8 Å². The molecule has 0 aromatic heterocycles. The van der Waals surface area contributed by atoms with E-state index in [1.807, 2.05) is 0 Å². The van der Waals surface area contributed by atoms with Crippen LogP contribution in [0.2, 0.25) is 0 Å². The smallest absolute Gasteiger partial charge is 1.00 e. The van der Waals surface area contributed by atoms with Gasteiger partial charge in [-0.1, -0.05) is 68.7 Å². The van der Waals surface area contributed by atoms with Crippen molar-refractivity contribution in [3.05, 3.63) is 89.5 Å². The van der Waals surface area contributed by atoms with E-state index in [-0.39, 0.29) is 51.0 Å². The van der Waals surface area contributed by atoms with Crippen molar-refractivity contribution < 1.29 is 51.0 Å². The molecule has 0 N–H and O–H groups in total. The van der Waals surface area contributed by atoms with Crippen molar-refractivity contribution in [1.82, 2.24) is 0 Å². The molecule has 0 spiro atoms. The van der Waals surface area contributed by atoms with Gasteiger partial charge in [-0.2, -0.15) is 11.1 Å². The minimum absolute atomic E-state index is 0. The Morgan fingerprint density at radius 2 is 1.44 bits per heavy atom. The second kappa shape index (κ2) is 11.7. The van der Waals surface area contributed by atoms with E-state index < -0.39 is 0 Å². The molecule has 3 aromatic carbocycles. The van der Waals surface area contributed by atoms with Gasteiger partial charge in [-0.3, -0.25) is 6.08 Å². The molecule has 138 valence electrons. The van der Waals surface area contributed by atoms with Gasteiger partial charge in [0.1, 0.15) is 0 Å². The van der Waals surface area contributed by atoms with Crippen LogP contribution in [0.1, 0.15) is 27.7 Å². The van der Waals surface area contributed by atoms with Crippen molar-refractivity contribution in [3.63, 3.8) is 0 Å². The van der Waals surface area contributed by atoms with Crippen LogP contribution in [0.5, 0.6) is 0 Å². The predicted octanol–water partition coefficient (Wildman–Crippen LogP) is 0.953. The summed E-state index contributed by atoms with van der Waals surface area (Å²) in [6.45, 7) is 8.67. The van der Waals surface area contributed by atoms with E-state index in [9.17, 15) is 0 Å². The van der Waals surface area contributed by atoms with Gasteiger partial charge in [-0.15, -0.1) is 53.6 Å². The van der Waals surface area contributed by atoms with Gasteiger partial charge in [-0.25, -0.2) is 5.57 Å². The third-order valence-electron chi connectivity index (χ3n) is 5.00. The topological polar surface area (TPSA) is 0 Å². The fraction of sp³-hybridized carbons (Fsp3) is 0.208. The molecule has 27 heavy (non-hydrogen) atoms. The molecular weight excluding hydrogens is 450 g/mol. The van der Waals surface area contributed by atoms with Crippen LogP contribution in [-0.2, 0) is 26.2 Å². The van der Waals surface area contributed by atoms with Gasteiger partial charge in [0, 0.05) is 0 Å². The fourth-order valence-corrected chi connectivity index (χ4v) is 3.18. The maximum atomic E-state index is 3.36. The van der Waals surface area contributed by atoms with Gasteiger partial charge in [0.15, 0.2) is 0 Å².